The molecule has 0 saturated carbocycles. The first-order valence-electron chi connectivity index (χ1n) is 9.31. The molecule has 0 unspecified atom stereocenters. The fourth-order valence-electron chi connectivity index (χ4n) is 3.46. The van der Waals surface area contributed by atoms with Crippen molar-refractivity contribution in [3.8, 4) is 0 Å². The minimum atomic E-state index is -0.378. The van der Waals surface area contributed by atoms with Gasteiger partial charge in [-0.25, -0.2) is 0 Å². The molecular formula is C22H26N2O2. The smallest absolute Gasteiger partial charge is 0.245 e. The van der Waals surface area contributed by atoms with Gasteiger partial charge in [0.2, 0.25) is 11.8 Å². The lowest BCUT2D eigenvalue weighted by atomic mass is 10.1. The molecule has 26 heavy (non-hydrogen) atoms. The number of carbonyl (C=O) groups is 2. The SMILES string of the molecule is C[C@@H]1C(=O)N(Cc2ccccc2)CC(=O)N1CCCCc1ccccc1. The molecule has 1 fully saturated rings. The molecule has 0 radical (unpaired) electrons. The van der Waals surface area contributed by atoms with E-state index in [9.17, 15) is 9.59 Å². The number of amides is 2. The summed E-state index contributed by atoms with van der Waals surface area (Å²) in [6.45, 7) is 3.17. The van der Waals surface area contributed by atoms with E-state index in [1.165, 1.54) is 5.56 Å². The van der Waals surface area contributed by atoms with E-state index < -0.39 is 0 Å². The molecule has 4 heteroatoms. The molecule has 0 bridgehead atoms. The molecule has 2 amide bonds. The number of hydrogen-bond acceptors (Lipinski definition) is 2. The largest absolute Gasteiger partial charge is 0.329 e. The lowest BCUT2D eigenvalue weighted by molar-refractivity contribution is -0.155. The summed E-state index contributed by atoms with van der Waals surface area (Å²) >= 11 is 0. The van der Waals surface area contributed by atoms with Crippen LogP contribution in [0.2, 0.25) is 0 Å². The fraction of sp³-hybridized carbons (Fsp3) is 0.364. The van der Waals surface area contributed by atoms with Crippen molar-refractivity contribution in [2.75, 3.05) is 13.1 Å². The number of aryl methyl sites for hydroxylation is 1. The van der Waals surface area contributed by atoms with E-state index >= 15 is 0 Å². The molecular weight excluding hydrogens is 324 g/mol. The Kier molecular flexibility index (Phi) is 6.05. The Balaban J connectivity index is 1.50. The average molecular weight is 350 g/mol. The van der Waals surface area contributed by atoms with Crippen molar-refractivity contribution in [1.29, 1.82) is 0 Å². The van der Waals surface area contributed by atoms with Crippen LogP contribution in [0.1, 0.15) is 30.9 Å². The van der Waals surface area contributed by atoms with Crippen molar-refractivity contribution in [1.82, 2.24) is 9.80 Å². The average Bonchev–Trinajstić information content (AvgIpc) is 2.67. The third-order valence-electron chi connectivity index (χ3n) is 4.96. The second-order valence-electron chi connectivity index (χ2n) is 6.89. The van der Waals surface area contributed by atoms with Crippen LogP contribution in [0, 0.1) is 0 Å². The maximum atomic E-state index is 12.7. The molecule has 0 aromatic heterocycles. The van der Waals surface area contributed by atoms with E-state index in [2.05, 4.69) is 12.1 Å². The summed E-state index contributed by atoms with van der Waals surface area (Å²) < 4.78 is 0. The van der Waals surface area contributed by atoms with Gasteiger partial charge in [-0.3, -0.25) is 9.59 Å². The predicted molar refractivity (Wildman–Crippen MR) is 102 cm³/mol. The van der Waals surface area contributed by atoms with Crippen LogP contribution < -0.4 is 0 Å². The number of nitrogens with zero attached hydrogens (tertiary/aromatic N) is 2. The lowest BCUT2D eigenvalue weighted by Gasteiger charge is -2.38. The maximum absolute atomic E-state index is 12.7. The quantitative estimate of drug-likeness (QED) is 0.719. The molecule has 3 rings (SSSR count). The zero-order valence-corrected chi connectivity index (χ0v) is 15.3. The van der Waals surface area contributed by atoms with Gasteiger partial charge < -0.3 is 9.80 Å². The maximum Gasteiger partial charge on any atom is 0.245 e. The molecule has 0 spiro atoms. The number of hydrogen-bond donors (Lipinski definition) is 0. The van der Waals surface area contributed by atoms with Crippen molar-refractivity contribution in [2.45, 2.75) is 38.8 Å². The monoisotopic (exact) mass is 350 g/mol. The van der Waals surface area contributed by atoms with Gasteiger partial charge in [-0.1, -0.05) is 60.7 Å². The van der Waals surface area contributed by atoms with Crippen LogP contribution in [0.15, 0.2) is 60.7 Å². The summed E-state index contributed by atoms with van der Waals surface area (Å²) in [6.07, 6.45) is 2.94. The summed E-state index contributed by atoms with van der Waals surface area (Å²) in [4.78, 5) is 28.6. The van der Waals surface area contributed by atoms with Crippen LogP contribution in [0.25, 0.3) is 0 Å². The van der Waals surface area contributed by atoms with Crippen molar-refractivity contribution >= 4 is 11.8 Å². The molecule has 2 aromatic rings. The van der Waals surface area contributed by atoms with E-state index in [1.54, 1.807) is 9.80 Å². The Bertz CT molecular complexity index is 730. The minimum Gasteiger partial charge on any atom is -0.329 e. The van der Waals surface area contributed by atoms with Crippen LogP contribution >= 0.6 is 0 Å². The highest BCUT2D eigenvalue weighted by atomic mass is 16.2. The van der Waals surface area contributed by atoms with Gasteiger partial charge in [-0.05, 0) is 37.3 Å². The number of carbonyl (C=O) groups excluding carboxylic acids is 2. The zero-order valence-electron chi connectivity index (χ0n) is 15.3. The third kappa shape index (κ3) is 4.51. The Morgan fingerprint density at radius 3 is 2.15 bits per heavy atom. The Morgan fingerprint density at radius 1 is 0.885 bits per heavy atom. The summed E-state index contributed by atoms with van der Waals surface area (Å²) in [7, 11) is 0. The molecule has 0 N–H and O–H groups in total. The second kappa shape index (κ2) is 8.65. The highest BCUT2D eigenvalue weighted by molar-refractivity contribution is 5.94. The van der Waals surface area contributed by atoms with Gasteiger partial charge in [0.1, 0.15) is 12.6 Å². The molecule has 1 aliphatic heterocycles. The highest BCUT2D eigenvalue weighted by Crippen LogP contribution is 2.17. The first-order chi connectivity index (χ1) is 12.6. The first-order valence-corrected chi connectivity index (χ1v) is 9.31. The van der Waals surface area contributed by atoms with E-state index in [-0.39, 0.29) is 24.4 Å². The Hall–Kier alpha value is -2.62. The summed E-state index contributed by atoms with van der Waals surface area (Å²) in [6, 6.07) is 19.8. The van der Waals surface area contributed by atoms with Crippen molar-refractivity contribution in [2.24, 2.45) is 0 Å². The van der Waals surface area contributed by atoms with Gasteiger partial charge in [-0.15, -0.1) is 0 Å². The van der Waals surface area contributed by atoms with Gasteiger partial charge in [0.05, 0.1) is 0 Å². The highest BCUT2D eigenvalue weighted by Gasteiger charge is 2.35. The molecule has 0 aliphatic carbocycles. The van der Waals surface area contributed by atoms with Crippen molar-refractivity contribution in [3.05, 3.63) is 71.8 Å². The van der Waals surface area contributed by atoms with E-state index in [1.807, 2.05) is 55.5 Å². The van der Waals surface area contributed by atoms with E-state index in [0.717, 1.165) is 24.8 Å². The molecule has 1 saturated heterocycles. The van der Waals surface area contributed by atoms with E-state index in [4.69, 9.17) is 0 Å². The number of benzene rings is 2. The third-order valence-corrected chi connectivity index (χ3v) is 4.96. The molecule has 1 aliphatic rings. The van der Waals surface area contributed by atoms with Crippen LogP contribution in [-0.4, -0.2) is 40.7 Å². The lowest BCUT2D eigenvalue weighted by Crippen LogP contribution is -2.58. The van der Waals surface area contributed by atoms with Crippen LogP contribution in [0.4, 0.5) is 0 Å². The van der Waals surface area contributed by atoms with Crippen molar-refractivity contribution < 1.29 is 9.59 Å². The second-order valence-corrected chi connectivity index (χ2v) is 6.89. The van der Waals surface area contributed by atoms with Gasteiger partial charge in [0.15, 0.2) is 0 Å². The predicted octanol–water partition coefficient (Wildman–Crippen LogP) is 3.27. The topological polar surface area (TPSA) is 40.6 Å². The molecule has 4 nitrogen and oxygen atoms in total. The molecule has 2 aromatic carbocycles. The van der Waals surface area contributed by atoms with Crippen LogP contribution in [0.3, 0.4) is 0 Å². The number of unbranched alkanes of at least 4 members (excludes halogenated alkanes) is 1. The van der Waals surface area contributed by atoms with Crippen molar-refractivity contribution in [3.63, 3.8) is 0 Å². The zero-order chi connectivity index (χ0) is 18.4. The molecule has 1 atom stereocenters. The first kappa shape index (κ1) is 18.2. The summed E-state index contributed by atoms with van der Waals surface area (Å²) in [5.41, 5.74) is 2.37. The molecule has 1 heterocycles. The summed E-state index contributed by atoms with van der Waals surface area (Å²) in [5.74, 6) is 0.0873. The van der Waals surface area contributed by atoms with Gasteiger partial charge in [0, 0.05) is 13.1 Å². The van der Waals surface area contributed by atoms with Crippen LogP contribution in [-0.2, 0) is 22.6 Å². The minimum absolute atomic E-state index is 0.0384. The van der Waals surface area contributed by atoms with E-state index in [0.29, 0.717) is 13.1 Å². The Morgan fingerprint density at radius 2 is 1.50 bits per heavy atom. The Labute approximate surface area is 155 Å². The number of piperazine rings is 1. The standard InChI is InChI=1S/C22H26N2O2/c1-18-22(26)23(16-20-13-6-3-7-14-20)17-21(25)24(18)15-9-8-12-19-10-4-2-5-11-19/h2-7,10-11,13-14,18H,8-9,12,15-17H2,1H3/t18-/m1/s1. The molecule has 136 valence electrons. The normalized spacial score (nSPS) is 17.7. The van der Waals surface area contributed by atoms with Gasteiger partial charge in [-0.2, -0.15) is 0 Å². The summed E-state index contributed by atoms with van der Waals surface area (Å²) in [5, 5.41) is 0. The number of rotatable bonds is 7. The van der Waals surface area contributed by atoms with Gasteiger partial charge in [0.25, 0.3) is 0 Å². The van der Waals surface area contributed by atoms with Crippen LogP contribution in [0.5, 0.6) is 0 Å². The van der Waals surface area contributed by atoms with Gasteiger partial charge >= 0.3 is 0 Å². The fourth-order valence-corrected chi connectivity index (χ4v) is 3.46.